The van der Waals surface area contributed by atoms with Crippen LogP contribution >= 0.6 is 11.3 Å². The molecule has 0 spiro atoms. The molecule has 0 aliphatic rings. The minimum Gasteiger partial charge on any atom is -0.292 e. The van der Waals surface area contributed by atoms with Crippen molar-refractivity contribution in [2.75, 3.05) is 0 Å². The van der Waals surface area contributed by atoms with E-state index in [9.17, 15) is 4.79 Å². The van der Waals surface area contributed by atoms with Crippen LogP contribution in [0.5, 0.6) is 0 Å². The van der Waals surface area contributed by atoms with Gasteiger partial charge in [-0.2, -0.15) is 0 Å². The van der Waals surface area contributed by atoms with E-state index in [1.54, 1.807) is 12.4 Å². The van der Waals surface area contributed by atoms with E-state index in [2.05, 4.69) is 15.2 Å². The molecule has 0 N–H and O–H groups in total. The van der Waals surface area contributed by atoms with E-state index < -0.39 is 0 Å². The molecule has 5 heteroatoms. The molecule has 2 aromatic rings. The molecule has 0 fully saturated rings. The first-order chi connectivity index (χ1) is 6.77. The zero-order valence-electron chi connectivity index (χ0n) is 7.47. The van der Waals surface area contributed by atoms with Crippen molar-refractivity contribution in [1.82, 2.24) is 15.2 Å². The minimum absolute atomic E-state index is 0.0577. The van der Waals surface area contributed by atoms with Gasteiger partial charge in [-0.1, -0.05) is 11.3 Å². The topological polar surface area (TPSA) is 55.7 Å². The highest BCUT2D eigenvalue weighted by Crippen LogP contribution is 2.22. The Kier molecular flexibility index (Phi) is 2.32. The first-order valence-electron chi connectivity index (χ1n) is 4.02. The Bertz CT molecular complexity index is 452. The second kappa shape index (κ2) is 3.63. The molecule has 0 aliphatic heterocycles. The highest BCUT2D eigenvalue weighted by Gasteiger charge is 2.09. The van der Waals surface area contributed by atoms with Crippen LogP contribution in [-0.4, -0.2) is 21.0 Å². The summed E-state index contributed by atoms with van der Waals surface area (Å²) in [5.41, 5.74) is 0.887. The lowest BCUT2D eigenvalue weighted by Gasteiger charge is -1.90. The lowest BCUT2D eigenvalue weighted by Crippen LogP contribution is -1.88. The summed E-state index contributed by atoms with van der Waals surface area (Å²) >= 11 is 1.28. The zero-order chi connectivity index (χ0) is 9.97. The Balaban J connectivity index is 2.39. The van der Waals surface area contributed by atoms with Gasteiger partial charge in [0.15, 0.2) is 10.8 Å². The van der Waals surface area contributed by atoms with Gasteiger partial charge in [0.25, 0.3) is 0 Å². The Labute approximate surface area is 84.6 Å². The second-order valence-electron chi connectivity index (χ2n) is 2.71. The van der Waals surface area contributed by atoms with Crippen molar-refractivity contribution in [3.8, 4) is 10.6 Å². The third-order valence-electron chi connectivity index (χ3n) is 1.63. The number of hydrogen-bond donors (Lipinski definition) is 0. The first-order valence-corrected chi connectivity index (χ1v) is 4.84. The molecule has 2 aromatic heterocycles. The van der Waals surface area contributed by atoms with Gasteiger partial charge in [0.2, 0.25) is 0 Å². The number of carbonyl (C=O) groups excluding carboxylic acids is 1. The molecule has 0 aromatic carbocycles. The van der Waals surface area contributed by atoms with Gasteiger partial charge in [-0.3, -0.25) is 9.78 Å². The number of carbonyl (C=O) groups is 1. The van der Waals surface area contributed by atoms with Gasteiger partial charge in [0, 0.05) is 24.9 Å². The molecule has 0 unspecified atom stereocenters. The van der Waals surface area contributed by atoms with Gasteiger partial charge in [0.1, 0.15) is 5.01 Å². The van der Waals surface area contributed by atoms with Crippen molar-refractivity contribution in [1.29, 1.82) is 0 Å². The fraction of sp³-hybridized carbons (Fsp3) is 0.111. The van der Waals surface area contributed by atoms with Gasteiger partial charge < -0.3 is 0 Å². The molecule has 0 radical (unpaired) electrons. The van der Waals surface area contributed by atoms with Crippen molar-refractivity contribution in [2.45, 2.75) is 6.92 Å². The molecule has 2 heterocycles. The quantitative estimate of drug-likeness (QED) is 0.701. The van der Waals surface area contributed by atoms with Gasteiger partial charge in [-0.25, -0.2) is 0 Å². The molecule has 14 heavy (non-hydrogen) atoms. The summed E-state index contributed by atoms with van der Waals surface area (Å²) < 4.78 is 0. The van der Waals surface area contributed by atoms with Crippen LogP contribution in [0.1, 0.15) is 16.7 Å². The number of hydrogen-bond acceptors (Lipinski definition) is 5. The number of pyridine rings is 1. The maximum atomic E-state index is 11.0. The van der Waals surface area contributed by atoms with Crippen molar-refractivity contribution >= 4 is 17.1 Å². The number of rotatable bonds is 2. The van der Waals surface area contributed by atoms with Crippen LogP contribution in [0.4, 0.5) is 0 Å². The zero-order valence-corrected chi connectivity index (χ0v) is 8.28. The number of aromatic nitrogens is 3. The third kappa shape index (κ3) is 1.67. The number of Topliss-reactive ketones (excluding diaryl/α,β-unsaturated/α-hetero) is 1. The van der Waals surface area contributed by atoms with E-state index in [1.165, 1.54) is 18.3 Å². The van der Waals surface area contributed by atoms with Gasteiger partial charge >= 0.3 is 0 Å². The Morgan fingerprint density at radius 2 is 2.29 bits per heavy atom. The molecule has 4 nitrogen and oxygen atoms in total. The highest BCUT2D eigenvalue weighted by molar-refractivity contribution is 7.16. The number of nitrogens with zero attached hydrogens (tertiary/aromatic N) is 3. The lowest BCUT2D eigenvalue weighted by molar-refractivity contribution is 0.101. The summed E-state index contributed by atoms with van der Waals surface area (Å²) in [6.07, 6.45) is 3.39. The third-order valence-corrected chi connectivity index (χ3v) is 2.71. The van der Waals surface area contributed by atoms with Gasteiger partial charge in [-0.05, 0) is 12.1 Å². The van der Waals surface area contributed by atoms with Crippen molar-refractivity contribution in [2.24, 2.45) is 0 Å². The molecular weight excluding hydrogens is 198 g/mol. The van der Waals surface area contributed by atoms with Gasteiger partial charge in [-0.15, -0.1) is 10.2 Å². The summed E-state index contributed by atoms with van der Waals surface area (Å²) in [5, 5.41) is 8.86. The molecular formula is C9H7N3OS. The summed E-state index contributed by atoms with van der Waals surface area (Å²) in [7, 11) is 0. The fourth-order valence-corrected chi connectivity index (χ4v) is 1.70. The monoisotopic (exact) mass is 205 g/mol. The van der Waals surface area contributed by atoms with Gasteiger partial charge in [0.05, 0.1) is 0 Å². The Morgan fingerprint density at radius 3 is 2.86 bits per heavy atom. The van der Waals surface area contributed by atoms with E-state index in [4.69, 9.17) is 0 Å². The Morgan fingerprint density at radius 1 is 1.43 bits per heavy atom. The predicted octanol–water partition coefficient (Wildman–Crippen LogP) is 1.80. The predicted molar refractivity (Wildman–Crippen MR) is 53.1 cm³/mol. The SMILES string of the molecule is CC(=O)c1nnc(-c2cccnc2)s1. The Hall–Kier alpha value is -1.62. The maximum absolute atomic E-state index is 11.0. The van der Waals surface area contributed by atoms with Crippen molar-refractivity contribution < 1.29 is 4.79 Å². The lowest BCUT2D eigenvalue weighted by atomic mass is 10.3. The van der Waals surface area contributed by atoms with E-state index in [0.29, 0.717) is 5.01 Å². The van der Waals surface area contributed by atoms with E-state index >= 15 is 0 Å². The summed E-state index contributed by atoms with van der Waals surface area (Å²) in [5.74, 6) is -0.0577. The standard InChI is InChI=1S/C9H7N3OS/c1-6(13)8-11-12-9(14-8)7-3-2-4-10-5-7/h2-5H,1H3. The van der Waals surface area contributed by atoms with Crippen LogP contribution < -0.4 is 0 Å². The molecule has 0 bridgehead atoms. The average Bonchev–Trinajstić information content (AvgIpc) is 2.68. The molecule has 0 saturated carbocycles. The van der Waals surface area contributed by atoms with E-state index in [-0.39, 0.29) is 5.78 Å². The second-order valence-corrected chi connectivity index (χ2v) is 3.69. The minimum atomic E-state index is -0.0577. The summed E-state index contributed by atoms with van der Waals surface area (Å²) in [4.78, 5) is 15.0. The highest BCUT2D eigenvalue weighted by atomic mass is 32.1. The van der Waals surface area contributed by atoms with Crippen LogP contribution in [0, 0.1) is 0 Å². The van der Waals surface area contributed by atoms with Crippen LogP contribution in [0.2, 0.25) is 0 Å². The average molecular weight is 205 g/mol. The molecule has 70 valence electrons. The number of ketones is 1. The largest absolute Gasteiger partial charge is 0.292 e. The summed E-state index contributed by atoms with van der Waals surface area (Å²) in [6.45, 7) is 1.48. The molecule has 0 amide bonds. The molecule has 2 rings (SSSR count). The fourth-order valence-electron chi connectivity index (χ4n) is 0.971. The summed E-state index contributed by atoms with van der Waals surface area (Å²) in [6, 6.07) is 3.71. The van der Waals surface area contributed by atoms with Crippen molar-refractivity contribution in [3.63, 3.8) is 0 Å². The van der Waals surface area contributed by atoms with E-state index in [1.807, 2.05) is 12.1 Å². The van der Waals surface area contributed by atoms with Crippen LogP contribution in [0.15, 0.2) is 24.5 Å². The van der Waals surface area contributed by atoms with Crippen LogP contribution in [0.3, 0.4) is 0 Å². The first kappa shape index (κ1) is 8.96. The van der Waals surface area contributed by atoms with E-state index in [0.717, 1.165) is 10.6 Å². The smallest absolute Gasteiger partial charge is 0.190 e. The maximum Gasteiger partial charge on any atom is 0.190 e. The molecule has 0 atom stereocenters. The normalized spacial score (nSPS) is 10.1. The van der Waals surface area contributed by atoms with Crippen molar-refractivity contribution in [3.05, 3.63) is 29.5 Å². The molecule has 0 aliphatic carbocycles. The molecule has 0 saturated heterocycles. The van der Waals surface area contributed by atoms with Crippen LogP contribution in [-0.2, 0) is 0 Å². The van der Waals surface area contributed by atoms with Crippen LogP contribution in [0.25, 0.3) is 10.6 Å².